The number of pyridine rings is 1. The average Bonchev–Trinajstić information content (AvgIpc) is 3.43. The molecular formula is C26H30N4O. The number of hydrogen-bond acceptors (Lipinski definition) is 4. The topological polar surface area (TPSA) is 48.5 Å². The molecule has 2 aliphatic heterocycles. The lowest BCUT2D eigenvalue weighted by molar-refractivity contribution is 0.102. The molecule has 0 bridgehead atoms. The van der Waals surface area contributed by atoms with E-state index in [-0.39, 0.29) is 5.91 Å². The highest BCUT2D eigenvalue weighted by Crippen LogP contribution is 2.29. The molecule has 2 aromatic carbocycles. The molecule has 1 N–H and O–H groups in total. The summed E-state index contributed by atoms with van der Waals surface area (Å²) < 4.78 is 0. The second-order valence-electron chi connectivity index (χ2n) is 8.90. The zero-order chi connectivity index (χ0) is 21.4. The van der Waals surface area contributed by atoms with E-state index in [2.05, 4.69) is 22.0 Å². The number of nitrogens with one attached hydrogen (secondary N) is 1. The number of amides is 1. The number of benzene rings is 2. The fraction of sp³-hybridized carbons (Fsp3) is 0.385. The van der Waals surface area contributed by atoms with Crippen molar-refractivity contribution >= 4 is 28.2 Å². The van der Waals surface area contributed by atoms with Gasteiger partial charge in [0, 0.05) is 30.7 Å². The highest BCUT2D eigenvalue weighted by atomic mass is 16.1. The molecule has 0 aliphatic carbocycles. The van der Waals surface area contributed by atoms with Gasteiger partial charge < -0.3 is 10.2 Å². The summed E-state index contributed by atoms with van der Waals surface area (Å²) in [4.78, 5) is 22.9. The van der Waals surface area contributed by atoms with Crippen molar-refractivity contribution in [2.75, 3.05) is 29.9 Å². The number of carbonyl (C=O) groups is 1. The summed E-state index contributed by atoms with van der Waals surface area (Å²) in [7, 11) is 0. The number of hydrogen-bond donors (Lipinski definition) is 1. The Kier molecular flexibility index (Phi) is 5.36. The fourth-order valence-corrected chi connectivity index (χ4v) is 5.19. The van der Waals surface area contributed by atoms with Crippen LogP contribution in [0.4, 0.5) is 11.5 Å². The van der Waals surface area contributed by atoms with Crippen molar-refractivity contribution in [2.24, 2.45) is 0 Å². The average molecular weight is 415 g/mol. The molecular weight excluding hydrogens is 384 g/mol. The van der Waals surface area contributed by atoms with E-state index >= 15 is 0 Å². The Morgan fingerprint density at radius 1 is 1.03 bits per heavy atom. The molecule has 1 aromatic heterocycles. The number of aryl methyl sites for hydroxylation is 1. The van der Waals surface area contributed by atoms with Crippen LogP contribution in [0.2, 0.25) is 0 Å². The zero-order valence-electron chi connectivity index (χ0n) is 18.3. The third kappa shape index (κ3) is 3.90. The van der Waals surface area contributed by atoms with Crippen LogP contribution < -0.4 is 10.2 Å². The largest absolute Gasteiger partial charge is 0.355 e. The lowest BCUT2D eigenvalue weighted by atomic mass is 10.0. The molecule has 3 heterocycles. The minimum absolute atomic E-state index is 0.0984. The first-order chi connectivity index (χ1) is 15.1. The minimum Gasteiger partial charge on any atom is -0.355 e. The van der Waals surface area contributed by atoms with E-state index in [1.165, 1.54) is 25.8 Å². The van der Waals surface area contributed by atoms with Crippen molar-refractivity contribution in [1.82, 2.24) is 9.88 Å². The van der Waals surface area contributed by atoms with Gasteiger partial charge in [-0.05, 0) is 68.6 Å². The van der Waals surface area contributed by atoms with Crippen LogP contribution in [0, 0.1) is 6.92 Å². The summed E-state index contributed by atoms with van der Waals surface area (Å²) >= 11 is 0. The summed E-state index contributed by atoms with van der Waals surface area (Å²) in [5.41, 5.74) is 2.30. The molecule has 0 radical (unpaired) electrons. The smallest absolute Gasteiger partial charge is 0.256 e. The van der Waals surface area contributed by atoms with E-state index in [0.717, 1.165) is 41.1 Å². The van der Waals surface area contributed by atoms with Crippen molar-refractivity contribution in [3.05, 3.63) is 65.9 Å². The summed E-state index contributed by atoms with van der Waals surface area (Å²) in [6.07, 6.45) is 3.84. The van der Waals surface area contributed by atoms with Crippen LogP contribution in [0.5, 0.6) is 0 Å². The van der Waals surface area contributed by atoms with Crippen LogP contribution in [0.25, 0.3) is 10.8 Å². The molecule has 5 rings (SSSR count). The van der Waals surface area contributed by atoms with Gasteiger partial charge in [-0.25, -0.2) is 4.98 Å². The Morgan fingerprint density at radius 3 is 2.68 bits per heavy atom. The van der Waals surface area contributed by atoms with Crippen LogP contribution in [0.3, 0.4) is 0 Å². The molecule has 160 valence electrons. The number of nitrogens with zero attached hydrogens (tertiary/aromatic N) is 3. The highest BCUT2D eigenvalue weighted by Gasteiger charge is 2.33. The quantitative estimate of drug-likeness (QED) is 0.662. The van der Waals surface area contributed by atoms with Crippen molar-refractivity contribution in [1.29, 1.82) is 0 Å². The van der Waals surface area contributed by atoms with Gasteiger partial charge >= 0.3 is 0 Å². The van der Waals surface area contributed by atoms with Crippen molar-refractivity contribution in [2.45, 2.75) is 45.2 Å². The molecule has 0 spiro atoms. The molecule has 1 amide bonds. The van der Waals surface area contributed by atoms with Gasteiger partial charge in [-0.3, -0.25) is 9.69 Å². The molecule has 31 heavy (non-hydrogen) atoms. The van der Waals surface area contributed by atoms with Crippen LogP contribution in [0.15, 0.2) is 54.6 Å². The van der Waals surface area contributed by atoms with E-state index in [4.69, 9.17) is 4.98 Å². The Labute approximate surface area is 184 Å². The van der Waals surface area contributed by atoms with Gasteiger partial charge in [0.15, 0.2) is 0 Å². The maximum Gasteiger partial charge on any atom is 0.256 e. The summed E-state index contributed by atoms with van der Waals surface area (Å²) in [6.45, 7) is 7.63. The van der Waals surface area contributed by atoms with Gasteiger partial charge in [0.2, 0.25) is 0 Å². The van der Waals surface area contributed by atoms with Gasteiger partial charge in [-0.2, -0.15) is 0 Å². The normalized spacial score (nSPS) is 21.7. The molecule has 5 nitrogen and oxygen atoms in total. The standard InChI is InChI=1S/C26H30N4O/c1-18-7-6-15-30(18)21-14-16-29(17-21)25-13-12-24(19(2)27-25)28-26(31)23-11-5-9-20-8-3-4-10-22(20)23/h3-5,8-13,18,21H,6-7,14-17H2,1-2H3,(H,28,31)/t18-,21-/m0/s1. The van der Waals surface area contributed by atoms with Crippen LogP contribution in [0.1, 0.15) is 42.2 Å². The number of fused-ring (bicyclic) bond motifs is 1. The zero-order valence-corrected chi connectivity index (χ0v) is 18.3. The first-order valence-electron chi connectivity index (χ1n) is 11.4. The Morgan fingerprint density at radius 2 is 1.87 bits per heavy atom. The highest BCUT2D eigenvalue weighted by molar-refractivity contribution is 6.13. The molecule has 3 aromatic rings. The first kappa shape index (κ1) is 20.0. The molecule has 2 fully saturated rings. The van der Waals surface area contributed by atoms with E-state index < -0.39 is 0 Å². The van der Waals surface area contributed by atoms with Crippen LogP contribution in [-0.2, 0) is 0 Å². The molecule has 5 heteroatoms. The predicted molar refractivity (Wildman–Crippen MR) is 127 cm³/mol. The SMILES string of the molecule is Cc1nc(N2CC[C@H](N3CCC[C@@H]3C)C2)ccc1NC(=O)c1cccc2ccccc12. The Balaban J connectivity index is 1.30. The van der Waals surface area contributed by atoms with Gasteiger partial charge in [0.1, 0.15) is 5.82 Å². The van der Waals surface area contributed by atoms with Crippen molar-refractivity contribution in [3.8, 4) is 0 Å². The molecule has 0 unspecified atom stereocenters. The Bertz CT molecular complexity index is 1110. The Hall–Kier alpha value is -2.92. The monoisotopic (exact) mass is 414 g/mol. The van der Waals surface area contributed by atoms with Gasteiger partial charge in [0.05, 0.1) is 11.4 Å². The van der Waals surface area contributed by atoms with Crippen LogP contribution in [-0.4, -0.2) is 47.5 Å². The molecule has 0 saturated carbocycles. The number of anilines is 2. The van der Waals surface area contributed by atoms with E-state index in [1.54, 1.807) is 0 Å². The van der Waals surface area contributed by atoms with E-state index in [9.17, 15) is 4.79 Å². The maximum absolute atomic E-state index is 13.0. The fourth-order valence-electron chi connectivity index (χ4n) is 5.19. The van der Waals surface area contributed by atoms with E-state index in [1.807, 2.05) is 61.5 Å². The number of rotatable bonds is 4. The first-order valence-corrected chi connectivity index (χ1v) is 11.4. The summed E-state index contributed by atoms with van der Waals surface area (Å²) in [5.74, 6) is 0.911. The number of aromatic nitrogens is 1. The predicted octanol–water partition coefficient (Wildman–Crippen LogP) is 4.86. The molecule has 2 saturated heterocycles. The van der Waals surface area contributed by atoms with Gasteiger partial charge in [-0.1, -0.05) is 36.4 Å². The second kappa shape index (κ2) is 8.31. The maximum atomic E-state index is 13.0. The summed E-state index contributed by atoms with van der Waals surface area (Å²) in [6, 6.07) is 19.2. The van der Waals surface area contributed by atoms with Crippen molar-refractivity contribution in [3.63, 3.8) is 0 Å². The van der Waals surface area contributed by atoms with Gasteiger partial charge in [0.25, 0.3) is 5.91 Å². The second-order valence-corrected chi connectivity index (χ2v) is 8.90. The lowest BCUT2D eigenvalue weighted by Gasteiger charge is -2.28. The molecule has 2 atom stereocenters. The number of carbonyl (C=O) groups excluding carboxylic acids is 1. The number of likely N-dealkylation sites (tertiary alicyclic amines) is 1. The summed E-state index contributed by atoms with van der Waals surface area (Å²) in [5, 5.41) is 5.10. The van der Waals surface area contributed by atoms with Crippen LogP contribution >= 0.6 is 0 Å². The van der Waals surface area contributed by atoms with Gasteiger partial charge in [-0.15, -0.1) is 0 Å². The van der Waals surface area contributed by atoms with E-state index in [0.29, 0.717) is 17.6 Å². The third-order valence-electron chi connectivity index (χ3n) is 6.91. The molecule has 2 aliphatic rings. The lowest BCUT2D eigenvalue weighted by Crippen LogP contribution is -2.39. The van der Waals surface area contributed by atoms with Crippen molar-refractivity contribution < 1.29 is 4.79 Å². The minimum atomic E-state index is -0.0984. The third-order valence-corrected chi connectivity index (χ3v) is 6.91.